The lowest BCUT2D eigenvalue weighted by Crippen LogP contribution is -2.12. The Bertz CT molecular complexity index is 763. The van der Waals surface area contributed by atoms with Crippen molar-refractivity contribution in [1.29, 1.82) is 0 Å². The van der Waals surface area contributed by atoms with E-state index in [0.29, 0.717) is 17.9 Å². The molecule has 142 valence electrons. The van der Waals surface area contributed by atoms with Gasteiger partial charge in [-0.2, -0.15) is 0 Å². The molecule has 0 heterocycles. The van der Waals surface area contributed by atoms with Crippen LogP contribution < -0.4 is 0 Å². The van der Waals surface area contributed by atoms with Crippen molar-refractivity contribution in [3.63, 3.8) is 0 Å². The molecule has 0 bridgehead atoms. The van der Waals surface area contributed by atoms with E-state index in [1.54, 1.807) is 6.92 Å². The zero-order chi connectivity index (χ0) is 19.2. The fourth-order valence-electron chi connectivity index (χ4n) is 4.11. The maximum Gasteiger partial charge on any atom is 0.170 e. The number of carbonyl (C=O) groups excluding carboxylic acids is 2. The Balaban J connectivity index is 1.65. The van der Waals surface area contributed by atoms with Crippen LogP contribution in [0.5, 0.6) is 0 Å². The highest BCUT2D eigenvalue weighted by atomic mass is 16.1. The summed E-state index contributed by atoms with van der Waals surface area (Å²) in [6.07, 6.45) is 7.08. The molecule has 1 aliphatic carbocycles. The van der Waals surface area contributed by atoms with Gasteiger partial charge < -0.3 is 0 Å². The Morgan fingerprint density at radius 3 is 1.89 bits per heavy atom. The summed E-state index contributed by atoms with van der Waals surface area (Å²) in [6.45, 7) is 4.10. The first kappa shape index (κ1) is 19.5. The number of hydrogen-bond acceptors (Lipinski definition) is 2. The predicted molar refractivity (Wildman–Crippen MR) is 111 cm³/mol. The van der Waals surface area contributed by atoms with Gasteiger partial charge in [-0.1, -0.05) is 68.8 Å². The van der Waals surface area contributed by atoms with Crippen LogP contribution in [0.1, 0.15) is 80.6 Å². The summed E-state index contributed by atoms with van der Waals surface area (Å²) in [6, 6.07) is 16.5. The second-order valence-corrected chi connectivity index (χ2v) is 7.82. The molecule has 1 aliphatic rings. The van der Waals surface area contributed by atoms with Gasteiger partial charge in [-0.15, -0.1) is 0 Å². The summed E-state index contributed by atoms with van der Waals surface area (Å²) in [7, 11) is 0. The third kappa shape index (κ3) is 4.94. The number of benzene rings is 2. The van der Waals surface area contributed by atoms with E-state index in [1.165, 1.54) is 43.2 Å². The lowest BCUT2D eigenvalue weighted by Gasteiger charge is -2.28. The second-order valence-electron chi connectivity index (χ2n) is 7.82. The summed E-state index contributed by atoms with van der Waals surface area (Å²) < 4.78 is 0. The van der Waals surface area contributed by atoms with Gasteiger partial charge in [-0.25, -0.2) is 0 Å². The van der Waals surface area contributed by atoms with Crippen LogP contribution in [0.15, 0.2) is 48.5 Å². The highest BCUT2D eigenvalue weighted by Crippen LogP contribution is 2.37. The fraction of sp³-hybridized carbons (Fsp3) is 0.440. The molecule has 2 aromatic carbocycles. The summed E-state index contributed by atoms with van der Waals surface area (Å²) >= 11 is 0. The molecule has 27 heavy (non-hydrogen) atoms. The average Bonchev–Trinajstić information content (AvgIpc) is 2.74. The van der Waals surface area contributed by atoms with Gasteiger partial charge >= 0.3 is 0 Å². The third-order valence-corrected chi connectivity index (χ3v) is 6.10. The van der Waals surface area contributed by atoms with Crippen LogP contribution >= 0.6 is 0 Å². The Labute approximate surface area is 163 Å². The molecule has 0 saturated heterocycles. The van der Waals surface area contributed by atoms with Gasteiger partial charge in [0.2, 0.25) is 0 Å². The van der Waals surface area contributed by atoms with Gasteiger partial charge in [0, 0.05) is 12.0 Å². The topological polar surface area (TPSA) is 34.1 Å². The van der Waals surface area contributed by atoms with Gasteiger partial charge in [-0.05, 0) is 54.2 Å². The van der Waals surface area contributed by atoms with Crippen molar-refractivity contribution in [2.24, 2.45) is 5.92 Å². The SMILES string of the molecule is CCC(=O)CC(=O)c1ccc(-c2ccc(C3CCC(CC)CC3)cc2)cc1. The van der Waals surface area contributed by atoms with E-state index in [1.807, 2.05) is 24.3 Å². The van der Waals surface area contributed by atoms with E-state index in [9.17, 15) is 9.59 Å². The van der Waals surface area contributed by atoms with E-state index < -0.39 is 0 Å². The van der Waals surface area contributed by atoms with Crippen LogP contribution in [-0.2, 0) is 4.79 Å². The summed E-state index contributed by atoms with van der Waals surface area (Å²) in [5, 5.41) is 0. The second kappa shape index (κ2) is 9.12. The lowest BCUT2D eigenvalue weighted by atomic mass is 9.77. The van der Waals surface area contributed by atoms with Gasteiger partial charge in [0.05, 0.1) is 6.42 Å². The quantitative estimate of drug-likeness (QED) is 0.411. The van der Waals surface area contributed by atoms with E-state index >= 15 is 0 Å². The zero-order valence-electron chi connectivity index (χ0n) is 16.5. The molecule has 0 N–H and O–H groups in total. The molecular formula is C25H30O2. The van der Waals surface area contributed by atoms with E-state index in [2.05, 4.69) is 31.2 Å². The largest absolute Gasteiger partial charge is 0.299 e. The van der Waals surface area contributed by atoms with Gasteiger partial charge in [0.15, 0.2) is 5.78 Å². The van der Waals surface area contributed by atoms with Gasteiger partial charge in [0.1, 0.15) is 5.78 Å². The standard InChI is InChI=1S/C25H30O2/c1-3-18-5-7-19(8-6-18)20-9-11-21(12-10-20)22-13-15-23(16-14-22)25(27)17-24(26)4-2/h9-16,18-19H,3-8,17H2,1-2H3. The molecule has 0 aromatic heterocycles. The number of Topliss-reactive ketones (excluding diaryl/α,β-unsaturated/α-hetero) is 2. The Kier molecular flexibility index (Phi) is 6.60. The number of hydrogen-bond donors (Lipinski definition) is 0. The highest BCUT2D eigenvalue weighted by Gasteiger charge is 2.21. The molecular weight excluding hydrogens is 332 g/mol. The van der Waals surface area contributed by atoms with Crippen LogP contribution in [0.2, 0.25) is 0 Å². The van der Waals surface area contributed by atoms with Crippen LogP contribution in [0.4, 0.5) is 0 Å². The summed E-state index contributed by atoms with van der Waals surface area (Å²) in [4.78, 5) is 23.6. The van der Waals surface area contributed by atoms with E-state index in [-0.39, 0.29) is 18.0 Å². The molecule has 0 amide bonds. The number of ketones is 2. The Morgan fingerprint density at radius 2 is 1.37 bits per heavy atom. The molecule has 0 spiro atoms. The van der Waals surface area contributed by atoms with Crippen molar-refractivity contribution in [1.82, 2.24) is 0 Å². The van der Waals surface area contributed by atoms with Crippen molar-refractivity contribution in [3.05, 3.63) is 59.7 Å². The average molecular weight is 363 g/mol. The molecule has 0 radical (unpaired) electrons. The number of carbonyl (C=O) groups is 2. The minimum atomic E-state index is -0.0913. The Hall–Kier alpha value is -2.22. The van der Waals surface area contributed by atoms with Gasteiger partial charge in [0.25, 0.3) is 0 Å². The Morgan fingerprint density at radius 1 is 0.815 bits per heavy atom. The first-order valence-electron chi connectivity index (χ1n) is 10.4. The van der Waals surface area contributed by atoms with Crippen molar-refractivity contribution in [2.75, 3.05) is 0 Å². The van der Waals surface area contributed by atoms with Crippen LogP contribution in [-0.4, -0.2) is 11.6 Å². The summed E-state index contributed by atoms with van der Waals surface area (Å²) in [5.74, 6) is 1.53. The van der Waals surface area contributed by atoms with Crippen molar-refractivity contribution < 1.29 is 9.59 Å². The first-order valence-corrected chi connectivity index (χ1v) is 10.4. The van der Waals surface area contributed by atoms with Crippen LogP contribution in [0.3, 0.4) is 0 Å². The summed E-state index contributed by atoms with van der Waals surface area (Å²) in [5.41, 5.74) is 4.35. The normalized spacial score (nSPS) is 19.6. The van der Waals surface area contributed by atoms with Crippen LogP contribution in [0, 0.1) is 5.92 Å². The van der Waals surface area contributed by atoms with Crippen LogP contribution in [0.25, 0.3) is 11.1 Å². The van der Waals surface area contributed by atoms with E-state index in [0.717, 1.165) is 11.5 Å². The minimum Gasteiger partial charge on any atom is -0.299 e. The monoisotopic (exact) mass is 362 g/mol. The fourth-order valence-corrected chi connectivity index (χ4v) is 4.11. The molecule has 1 saturated carbocycles. The third-order valence-electron chi connectivity index (χ3n) is 6.10. The molecule has 2 heteroatoms. The minimum absolute atomic E-state index is 0.00478. The molecule has 0 aliphatic heterocycles. The maximum absolute atomic E-state index is 12.1. The van der Waals surface area contributed by atoms with Crippen molar-refractivity contribution in [2.45, 2.75) is 64.7 Å². The highest BCUT2D eigenvalue weighted by molar-refractivity contribution is 6.08. The molecule has 3 rings (SSSR count). The van der Waals surface area contributed by atoms with Gasteiger partial charge in [-0.3, -0.25) is 9.59 Å². The number of rotatable bonds is 7. The van der Waals surface area contributed by atoms with Crippen molar-refractivity contribution >= 4 is 11.6 Å². The molecule has 0 unspecified atom stereocenters. The molecule has 1 fully saturated rings. The lowest BCUT2D eigenvalue weighted by molar-refractivity contribution is -0.117. The maximum atomic E-state index is 12.1. The molecule has 0 atom stereocenters. The predicted octanol–water partition coefficient (Wildman–Crippen LogP) is 6.59. The first-order chi connectivity index (χ1) is 13.1. The molecule has 2 aromatic rings. The van der Waals surface area contributed by atoms with Crippen molar-refractivity contribution in [3.8, 4) is 11.1 Å². The smallest absolute Gasteiger partial charge is 0.170 e. The molecule has 2 nitrogen and oxygen atoms in total. The van der Waals surface area contributed by atoms with E-state index in [4.69, 9.17) is 0 Å². The zero-order valence-corrected chi connectivity index (χ0v) is 16.5.